The molecular formula is C19H30N4O. The van der Waals surface area contributed by atoms with Gasteiger partial charge in [-0.15, -0.1) is 0 Å². The molecule has 5 heteroatoms. The van der Waals surface area contributed by atoms with E-state index in [4.69, 9.17) is 0 Å². The predicted molar refractivity (Wildman–Crippen MR) is 97.2 cm³/mol. The number of hydrogen-bond acceptors (Lipinski definition) is 4. The maximum atomic E-state index is 12.5. The average molecular weight is 330 g/mol. The van der Waals surface area contributed by atoms with Crippen LogP contribution in [0.4, 0.5) is 5.82 Å². The van der Waals surface area contributed by atoms with Crippen LogP contribution in [0.3, 0.4) is 0 Å². The van der Waals surface area contributed by atoms with Crippen molar-refractivity contribution >= 4 is 11.7 Å². The van der Waals surface area contributed by atoms with Gasteiger partial charge >= 0.3 is 0 Å². The van der Waals surface area contributed by atoms with Gasteiger partial charge in [-0.25, -0.2) is 4.98 Å². The molecule has 1 aliphatic carbocycles. The smallest absolute Gasteiger partial charge is 0.223 e. The minimum atomic E-state index is 0.304. The van der Waals surface area contributed by atoms with E-state index in [1.165, 1.54) is 32.1 Å². The maximum absolute atomic E-state index is 12.5. The molecule has 2 heterocycles. The lowest BCUT2D eigenvalue weighted by molar-refractivity contribution is -0.131. The zero-order chi connectivity index (χ0) is 16.8. The fourth-order valence-corrected chi connectivity index (χ4v) is 3.86. The standard InChI is InChI=1S/C19H30N4O/c1-21(17-7-3-2-4-8-17)12-10-19(24)23-15-13-22(14-16-23)18-9-5-6-11-20-18/h5-6,9,11,17H,2-4,7-8,10,12-16H2,1H3. The van der Waals surface area contributed by atoms with E-state index in [0.717, 1.165) is 38.5 Å². The van der Waals surface area contributed by atoms with E-state index in [-0.39, 0.29) is 0 Å². The molecule has 3 rings (SSSR count). The van der Waals surface area contributed by atoms with Crippen LogP contribution in [0, 0.1) is 0 Å². The molecule has 0 bridgehead atoms. The number of piperazine rings is 1. The highest BCUT2D eigenvalue weighted by atomic mass is 16.2. The highest BCUT2D eigenvalue weighted by Gasteiger charge is 2.23. The lowest BCUT2D eigenvalue weighted by atomic mass is 9.94. The highest BCUT2D eigenvalue weighted by Crippen LogP contribution is 2.21. The summed E-state index contributed by atoms with van der Waals surface area (Å²) in [6, 6.07) is 6.68. The summed E-state index contributed by atoms with van der Waals surface area (Å²) < 4.78 is 0. The summed E-state index contributed by atoms with van der Waals surface area (Å²) in [7, 11) is 2.18. The number of hydrogen-bond donors (Lipinski definition) is 0. The Bertz CT molecular complexity index is 507. The van der Waals surface area contributed by atoms with Gasteiger partial charge in [-0.3, -0.25) is 4.79 Å². The molecule has 2 fully saturated rings. The summed E-state index contributed by atoms with van der Waals surface area (Å²) >= 11 is 0. The van der Waals surface area contributed by atoms with Gasteiger partial charge in [0.05, 0.1) is 0 Å². The number of pyridine rings is 1. The minimum absolute atomic E-state index is 0.304. The molecule has 0 spiro atoms. The van der Waals surface area contributed by atoms with Gasteiger partial charge in [-0.2, -0.15) is 0 Å². The third-order valence-electron chi connectivity index (χ3n) is 5.48. The fraction of sp³-hybridized carbons (Fsp3) is 0.684. The molecule has 0 unspecified atom stereocenters. The fourth-order valence-electron chi connectivity index (χ4n) is 3.86. The number of nitrogens with zero attached hydrogens (tertiary/aromatic N) is 4. The van der Waals surface area contributed by atoms with E-state index < -0.39 is 0 Å². The zero-order valence-corrected chi connectivity index (χ0v) is 14.9. The van der Waals surface area contributed by atoms with E-state index in [1.54, 1.807) is 0 Å². The van der Waals surface area contributed by atoms with Crippen molar-refractivity contribution in [3.63, 3.8) is 0 Å². The van der Waals surface area contributed by atoms with E-state index in [2.05, 4.69) is 21.8 Å². The first-order valence-corrected chi connectivity index (χ1v) is 9.38. The molecule has 1 amide bonds. The first kappa shape index (κ1) is 17.2. The van der Waals surface area contributed by atoms with Gasteiger partial charge < -0.3 is 14.7 Å². The van der Waals surface area contributed by atoms with E-state index in [9.17, 15) is 4.79 Å². The van der Waals surface area contributed by atoms with Crippen LogP contribution in [-0.2, 0) is 4.79 Å². The van der Waals surface area contributed by atoms with Crippen LogP contribution >= 0.6 is 0 Å². The Morgan fingerprint density at radius 3 is 2.58 bits per heavy atom. The van der Waals surface area contributed by atoms with Crippen molar-refractivity contribution in [1.82, 2.24) is 14.8 Å². The molecule has 1 saturated carbocycles. The normalized spacial score (nSPS) is 19.8. The predicted octanol–water partition coefficient (Wildman–Crippen LogP) is 2.38. The second-order valence-corrected chi connectivity index (χ2v) is 7.08. The maximum Gasteiger partial charge on any atom is 0.223 e. The number of amides is 1. The Morgan fingerprint density at radius 2 is 1.92 bits per heavy atom. The molecule has 0 N–H and O–H groups in total. The van der Waals surface area contributed by atoms with Crippen LogP contribution in [-0.4, -0.2) is 66.5 Å². The summed E-state index contributed by atoms with van der Waals surface area (Å²) in [5, 5.41) is 0. The molecular weight excluding hydrogens is 300 g/mol. The van der Waals surface area contributed by atoms with Crippen molar-refractivity contribution < 1.29 is 4.79 Å². The van der Waals surface area contributed by atoms with E-state index >= 15 is 0 Å². The summed E-state index contributed by atoms with van der Waals surface area (Å²) in [6.45, 7) is 4.26. The lowest BCUT2D eigenvalue weighted by Crippen LogP contribution is -2.49. The molecule has 0 radical (unpaired) electrons. The lowest BCUT2D eigenvalue weighted by Gasteiger charge is -2.36. The van der Waals surface area contributed by atoms with Crippen LogP contribution in [0.25, 0.3) is 0 Å². The van der Waals surface area contributed by atoms with Gasteiger partial charge in [0.2, 0.25) is 5.91 Å². The molecule has 5 nitrogen and oxygen atoms in total. The van der Waals surface area contributed by atoms with Crippen molar-refractivity contribution in [1.29, 1.82) is 0 Å². The Kier molecular flexibility index (Phi) is 6.07. The molecule has 1 aromatic heterocycles. The molecule has 0 aromatic carbocycles. The van der Waals surface area contributed by atoms with Crippen molar-refractivity contribution in [3.8, 4) is 0 Å². The molecule has 24 heavy (non-hydrogen) atoms. The third kappa shape index (κ3) is 4.47. The van der Waals surface area contributed by atoms with E-state index in [1.807, 2.05) is 29.3 Å². The van der Waals surface area contributed by atoms with Gasteiger partial charge in [0, 0.05) is 51.4 Å². The van der Waals surface area contributed by atoms with Crippen molar-refractivity contribution in [2.45, 2.75) is 44.6 Å². The number of anilines is 1. The van der Waals surface area contributed by atoms with Crippen LogP contribution in [0.15, 0.2) is 24.4 Å². The van der Waals surface area contributed by atoms with Gasteiger partial charge in [0.1, 0.15) is 5.82 Å². The van der Waals surface area contributed by atoms with Gasteiger partial charge in [0.25, 0.3) is 0 Å². The Morgan fingerprint density at radius 1 is 1.17 bits per heavy atom. The van der Waals surface area contributed by atoms with Crippen molar-refractivity contribution in [2.24, 2.45) is 0 Å². The van der Waals surface area contributed by atoms with E-state index in [0.29, 0.717) is 18.4 Å². The topological polar surface area (TPSA) is 39.7 Å². The number of carbonyl (C=O) groups excluding carboxylic acids is 1. The monoisotopic (exact) mass is 330 g/mol. The van der Waals surface area contributed by atoms with Crippen molar-refractivity contribution in [3.05, 3.63) is 24.4 Å². The third-order valence-corrected chi connectivity index (χ3v) is 5.48. The van der Waals surface area contributed by atoms with Crippen LogP contribution in [0.2, 0.25) is 0 Å². The highest BCUT2D eigenvalue weighted by molar-refractivity contribution is 5.76. The number of rotatable bonds is 5. The Labute approximate surface area is 145 Å². The van der Waals surface area contributed by atoms with Crippen LogP contribution in [0.1, 0.15) is 38.5 Å². The summed E-state index contributed by atoms with van der Waals surface area (Å²) in [6.07, 6.45) is 9.14. The first-order chi connectivity index (χ1) is 11.7. The van der Waals surface area contributed by atoms with Crippen LogP contribution in [0.5, 0.6) is 0 Å². The molecule has 1 aromatic rings. The Balaban J connectivity index is 1.40. The molecule has 2 aliphatic rings. The summed E-state index contributed by atoms with van der Waals surface area (Å²) in [5.41, 5.74) is 0. The largest absolute Gasteiger partial charge is 0.353 e. The van der Waals surface area contributed by atoms with Crippen LogP contribution < -0.4 is 4.90 Å². The number of aromatic nitrogens is 1. The Hall–Kier alpha value is -1.62. The van der Waals surface area contributed by atoms with Gasteiger partial charge in [-0.1, -0.05) is 25.3 Å². The van der Waals surface area contributed by atoms with Gasteiger partial charge in [0.15, 0.2) is 0 Å². The molecule has 132 valence electrons. The first-order valence-electron chi connectivity index (χ1n) is 9.38. The van der Waals surface area contributed by atoms with Gasteiger partial charge in [-0.05, 0) is 32.0 Å². The average Bonchev–Trinajstić information content (AvgIpc) is 2.67. The van der Waals surface area contributed by atoms with Crippen molar-refractivity contribution in [2.75, 3.05) is 44.7 Å². The molecule has 1 aliphatic heterocycles. The second kappa shape index (κ2) is 8.47. The minimum Gasteiger partial charge on any atom is -0.353 e. The zero-order valence-electron chi connectivity index (χ0n) is 14.9. The summed E-state index contributed by atoms with van der Waals surface area (Å²) in [4.78, 5) is 23.6. The second-order valence-electron chi connectivity index (χ2n) is 7.08. The molecule has 1 saturated heterocycles. The SMILES string of the molecule is CN(CCC(=O)N1CCN(c2ccccn2)CC1)C1CCCCC1. The quantitative estimate of drug-likeness (QED) is 0.831. The summed E-state index contributed by atoms with van der Waals surface area (Å²) in [5.74, 6) is 1.32. The molecule has 0 atom stereocenters. The number of carbonyl (C=O) groups is 1.